The van der Waals surface area contributed by atoms with Crippen LogP contribution in [0.3, 0.4) is 0 Å². The molecule has 1 atom stereocenters. The summed E-state index contributed by atoms with van der Waals surface area (Å²) in [6, 6.07) is 9.94. The molecule has 4 heterocycles. The zero-order chi connectivity index (χ0) is 28.6. The van der Waals surface area contributed by atoms with E-state index in [-0.39, 0.29) is 29.3 Å². The van der Waals surface area contributed by atoms with Gasteiger partial charge in [0.1, 0.15) is 0 Å². The smallest absolute Gasteiger partial charge is 0.254 e. The molecule has 3 N–H and O–H groups in total. The third kappa shape index (κ3) is 5.36. The van der Waals surface area contributed by atoms with Crippen LogP contribution in [0.25, 0.3) is 10.9 Å². The Labute approximate surface area is 236 Å². The normalized spacial score (nSPS) is 18.7. The lowest BCUT2D eigenvalue weighted by molar-refractivity contribution is 0.0951. The van der Waals surface area contributed by atoms with E-state index in [2.05, 4.69) is 27.1 Å². The highest BCUT2D eigenvalue weighted by molar-refractivity contribution is 7.89. The number of rotatable bonds is 7. The molecule has 1 aromatic carbocycles. The molecule has 0 aliphatic carbocycles. The summed E-state index contributed by atoms with van der Waals surface area (Å²) in [5, 5.41) is 6.84. The van der Waals surface area contributed by atoms with Gasteiger partial charge < -0.3 is 20.2 Å². The molecule has 2 aliphatic heterocycles. The van der Waals surface area contributed by atoms with Crippen molar-refractivity contribution >= 4 is 26.8 Å². The zero-order valence-corrected chi connectivity index (χ0v) is 24.7. The highest BCUT2D eigenvalue weighted by Crippen LogP contribution is 2.36. The van der Waals surface area contributed by atoms with E-state index in [0.29, 0.717) is 43.0 Å². The van der Waals surface area contributed by atoms with Crippen molar-refractivity contribution in [3.05, 3.63) is 68.8 Å². The Bertz CT molecular complexity index is 1560. The van der Waals surface area contributed by atoms with Crippen molar-refractivity contribution in [3.8, 4) is 0 Å². The van der Waals surface area contributed by atoms with Crippen molar-refractivity contribution in [2.45, 2.75) is 71.2 Å². The van der Waals surface area contributed by atoms with E-state index in [0.717, 1.165) is 53.8 Å². The quantitative estimate of drug-likeness (QED) is 0.404. The Balaban J connectivity index is 1.35. The standard InChI is InChI=1S/C30H41N5O4S/c1-19-17-20(2)33-29(36)26(19)18-32-30(37)28-22(4)35(27-8-6-5-7-25(27)28)21(3)23-11-15-34(16-12-23)40(38,39)24-9-13-31-14-10-24/h5-8,17,21,23-24,31H,9-16,18H2,1-4H3,(H,32,37)(H,33,36)/t21-/m1/s1. The molecule has 1 amide bonds. The Morgan fingerprint density at radius 3 is 2.42 bits per heavy atom. The number of hydrogen-bond acceptors (Lipinski definition) is 5. The average molecular weight is 568 g/mol. The van der Waals surface area contributed by atoms with Crippen LogP contribution in [-0.4, -0.2) is 59.6 Å². The van der Waals surface area contributed by atoms with Crippen molar-refractivity contribution in [3.63, 3.8) is 0 Å². The number of aryl methyl sites for hydroxylation is 2. The van der Waals surface area contributed by atoms with Crippen molar-refractivity contribution in [1.82, 2.24) is 24.5 Å². The summed E-state index contributed by atoms with van der Waals surface area (Å²) in [6.07, 6.45) is 2.93. The number of sulfonamides is 1. The predicted molar refractivity (Wildman–Crippen MR) is 158 cm³/mol. The number of aromatic amines is 1. The first-order chi connectivity index (χ1) is 19.1. The molecule has 0 unspecified atom stereocenters. The number of aromatic nitrogens is 2. The minimum atomic E-state index is -3.28. The summed E-state index contributed by atoms with van der Waals surface area (Å²) in [5.74, 6) is 0.0839. The number of piperidine rings is 2. The number of carbonyl (C=O) groups excluding carboxylic acids is 1. The second kappa shape index (κ2) is 11.5. The summed E-state index contributed by atoms with van der Waals surface area (Å²) in [6.45, 7) is 10.6. The zero-order valence-electron chi connectivity index (χ0n) is 23.9. The first kappa shape index (κ1) is 28.6. The molecular formula is C30H41N5O4S. The number of pyridine rings is 1. The number of H-pyrrole nitrogens is 1. The lowest BCUT2D eigenvalue weighted by atomic mass is 9.91. The fourth-order valence-electron chi connectivity index (χ4n) is 6.69. The summed E-state index contributed by atoms with van der Waals surface area (Å²) >= 11 is 0. The molecule has 2 fully saturated rings. The molecular weight excluding hydrogens is 526 g/mol. The van der Waals surface area contributed by atoms with Crippen molar-refractivity contribution in [2.24, 2.45) is 5.92 Å². The maximum Gasteiger partial charge on any atom is 0.254 e. The van der Waals surface area contributed by atoms with E-state index >= 15 is 0 Å². The maximum atomic E-state index is 13.5. The van der Waals surface area contributed by atoms with Gasteiger partial charge in [0.2, 0.25) is 10.0 Å². The first-order valence-corrected chi connectivity index (χ1v) is 15.9. The van der Waals surface area contributed by atoms with Gasteiger partial charge in [-0.25, -0.2) is 12.7 Å². The monoisotopic (exact) mass is 567 g/mol. The van der Waals surface area contributed by atoms with E-state index in [4.69, 9.17) is 0 Å². The van der Waals surface area contributed by atoms with Crippen molar-refractivity contribution in [2.75, 3.05) is 26.2 Å². The van der Waals surface area contributed by atoms with Gasteiger partial charge in [-0.1, -0.05) is 18.2 Å². The highest BCUT2D eigenvalue weighted by atomic mass is 32.2. The lowest BCUT2D eigenvalue weighted by Crippen LogP contribution is -2.47. The molecule has 2 aromatic heterocycles. The maximum absolute atomic E-state index is 13.5. The van der Waals surface area contributed by atoms with E-state index in [9.17, 15) is 18.0 Å². The van der Waals surface area contributed by atoms with Crippen LogP contribution in [0.1, 0.15) is 71.5 Å². The molecule has 5 rings (SSSR count). The van der Waals surface area contributed by atoms with Gasteiger partial charge in [-0.2, -0.15) is 0 Å². The molecule has 2 saturated heterocycles. The number of amides is 1. The number of nitrogens with one attached hydrogen (secondary N) is 3. The summed E-state index contributed by atoms with van der Waals surface area (Å²) < 4.78 is 30.4. The van der Waals surface area contributed by atoms with Gasteiger partial charge in [-0.15, -0.1) is 0 Å². The fraction of sp³-hybridized carbons (Fsp3) is 0.533. The number of nitrogens with zero attached hydrogens (tertiary/aromatic N) is 2. The number of hydrogen-bond donors (Lipinski definition) is 3. The fourth-order valence-corrected chi connectivity index (χ4v) is 8.66. The molecule has 0 spiro atoms. The minimum absolute atomic E-state index is 0.0948. The van der Waals surface area contributed by atoms with Gasteiger partial charge in [-0.3, -0.25) is 9.59 Å². The largest absolute Gasteiger partial charge is 0.348 e. The van der Waals surface area contributed by atoms with E-state index in [1.807, 2.05) is 51.1 Å². The van der Waals surface area contributed by atoms with E-state index in [1.165, 1.54) is 0 Å². The van der Waals surface area contributed by atoms with Gasteiger partial charge in [0.05, 0.1) is 10.8 Å². The van der Waals surface area contributed by atoms with Crippen LogP contribution in [0.4, 0.5) is 0 Å². The molecule has 10 heteroatoms. The van der Waals surface area contributed by atoms with Crippen LogP contribution in [0.2, 0.25) is 0 Å². The molecule has 40 heavy (non-hydrogen) atoms. The topological polar surface area (TPSA) is 116 Å². The number of carbonyl (C=O) groups is 1. The molecule has 216 valence electrons. The number of para-hydroxylation sites is 1. The van der Waals surface area contributed by atoms with Crippen molar-refractivity contribution < 1.29 is 13.2 Å². The highest BCUT2D eigenvalue weighted by Gasteiger charge is 2.37. The second-order valence-electron chi connectivity index (χ2n) is 11.4. The van der Waals surface area contributed by atoms with Gasteiger partial charge in [0, 0.05) is 53.5 Å². The minimum Gasteiger partial charge on any atom is -0.348 e. The van der Waals surface area contributed by atoms with Crippen LogP contribution in [-0.2, 0) is 16.6 Å². The SMILES string of the molecule is Cc1cc(C)c(CNC(=O)c2c(C)n([C@H](C)C3CCN(S(=O)(=O)C4CCNCC4)CC3)c3ccccc23)c(=O)[nH]1. The number of fused-ring (bicyclic) bond motifs is 1. The average Bonchev–Trinajstić information content (AvgIpc) is 3.24. The Morgan fingerprint density at radius 2 is 1.75 bits per heavy atom. The molecule has 2 aliphatic rings. The van der Waals surface area contributed by atoms with Gasteiger partial charge in [0.25, 0.3) is 11.5 Å². The summed E-state index contributed by atoms with van der Waals surface area (Å²) in [4.78, 5) is 28.8. The molecule has 0 saturated carbocycles. The third-order valence-electron chi connectivity index (χ3n) is 8.96. The van der Waals surface area contributed by atoms with E-state index < -0.39 is 10.0 Å². The Kier molecular flexibility index (Phi) is 8.22. The number of benzene rings is 1. The first-order valence-electron chi connectivity index (χ1n) is 14.4. The van der Waals surface area contributed by atoms with Gasteiger partial charge >= 0.3 is 0 Å². The predicted octanol–water partition coefficient (Wildman–Crippen LogP) is 3.54. The van der Waals surface area contributed by atoms with Crippen LogP contribution >= 0.6 is 0 Å². The van der Waals surface area contributed by atoms with Crippen molar-refractivity contribution in [1.29, 1.82) is 0 Å². The molecule has 0 bridgehead atoms. The van der Waals surface area contributed by atoms with Crippen LogP contribution < -0.4 is 16.2 Å². The Morgan fingerprint density at radius 1 is 1.07 bits per heavy atom. The summed E-state index contributed by atoms with van der Waals surface area (Å²) in [5.41, 5.74) is 4.51. The lowest BCUT2D eigenvalue weighted by Gasteiger charge is -2.37. The van der Waals surface area contributed by atoms with Gasteiger partial charge in [0.15, 0.2) is 0 Å². The second-order valence-corrected chi connectivity index (χ2v) is 13.7. The van der Waals surface area contributed by atoms with E-state index in [1.54, 1.807) is 4.31 Å². The van der Waals surface area contributed by atoms with Crippen LogP contribution in [0.15, 0.2) is 35.1 Å². The Hall–Kier alpha value is -2.95. The van der Waals surface area contributed by atoms with Crippen LogP contribution in [0.5, 0.6) is 0 Å². The molecule has 3 aromatic rings. The third-order valence-corrected chi connectivity index (χ3v) is 11.4. The van der Waals surface area contributed by atoms with Crippen LogP contribution in [0, 0.1) is 26.7 Å². The molecule has 9 nitrogen and oxygen atoms in total. The summed E-state index contributed by atoms with van der Waals surface area (Å²) in [7, 11) is -3.28. The van der Waals surface area contributed by atoms with Gasteiger partial charge in [-0.05, 0) is 90.1 Å². The molecule has 0 radical (unpaired) electrons.